The van der Waals surface area contributed by atoms with Crippen LogP contribution >= 0.6 is 11.3 Å². The minimum Gasteiger partial charge on any atom is -0.481 e. The van der Waals surface area contributed by atoms with Crippen LogP contribution in [-0.4, -0.2) is 28.5 Å². The highest BCUT2D eigenvalue weighted by Crippen LogP contribution is 2.24. The maximum Gasteiger partial charge on any atom is 0.309 e. The van der Waals surface area contributed by atoms with Gasteiger partial charge in [-0.1, -0.05) is 12.1 Å². The summed E-state index contributed by atoms with van der Waals surface area (Å²) in [5.74, 6) is -1.07. The molecule has 0 aliphatic rings. The van der Waals surface area contributed by atoms with E-state index >= 15 is 0 Å². The number of amides is 1. The number of thiazole rings is 1. The maximum atomic E-state index is 12.2. The van der Waals surface area contributed by atoms with Gasteiger partial charge >= 0.3 is 5.97 Å². The van der Waals surface area contributed by atoms with Gasteiger partial charge in [0.2, 0.25) is 0 Å². The van der Waals surface area contributed by atoms with Crippen molar-refractivity contribution in [3.8, 4) is 10.6 Å². The van der Waals surface area contributed by atoms with E-state index in [1.807, 2.05) is 24.4 Å². The highest BCUT2D eigenvalue weighted by molar-refractivity contribution is 7.13. The van der Waals surface area contributed by atoms with Gasteiger partial charge in [-0.2, -0.15) is 0 Å². The topological polar surface area (TPSA) is 79.3 Å². The Balaban J connectivity index is 2.02. The fourth-order valence-electron chi connectivity index (χ4n) is 1.98. The Labute approximate surface area is 139 Å². The van der Waals surface area contributed by atoms with E-state index in [0.29, 0.717) is 18.5 Å². The van der Waals surface area contributed by atoms with Crippen LogP contribution < -0.4 is 5.32 Å². The van der Waals surface area contributed by atoms with Crippen molar-refractivity contribution < 1.29 is 14.7 Å². The lowest BCUT2D eigenvalue weighted by molar-refractivity contribution is -0.147. The Morgan fingerprint density at radius 2 is 2.09 bits per heavy atom. The van der Waals surface area contributed by atoms with Crippen LogP contribution in [-0.2, 0) is 4.79 Å². The molecule has 23 heavy (non-hydrogen) atoms. The summed E-state index contributed by atoms with van der Waals surface area (Å²) >= 11 is 1.54. The molecule has 0 aliphatic carbocycles. The average Bonchev–Trinajstić information content (AvgIpc) is 2.93. The van der Waals surface area contributed by atoms with Gasteiger partial charge in [0.1, 0.15) is 5.01 Å². The molecule has 0 fully saturated rings. The van der Waals surface area contributed by atoms with Crippen molar-refractivity contribution in [3.05, 3.63) is 40.9 Å². The monoisotopic (exact) mass is 332 g/mol. The maximum absolute atomic E-state index is 12.2. The summed E-state index contributed by atoms with van der Waals surface area (Å²) in [5.41, 5.74) is 1.55. The molecule has 1 heterocycles. The summed E-state index contributed by atoms with van der Waals surface area (Å²) in [6.07, 6.45) is 0.374. The predicted molar refractivity (Wildman–Crippen MR) is 90.7 cm³/mol. The van der Waals surface area contributed by atoms with Gasteiger partial charge < -0.3 is 10.4 Å². The molecule has 0 saturated heterocycles. The molecule has 2 aromatic rings. The molecule has 2 rings (SSSR count). The number of nitrogens with zero attached hydrogens (tertiary/aromatic N) is 1. The molecule has 0 saturated carbocycles. The highest BCUT2D eigenvalue weighted by Gasteiger charge is 2.26. The third kappa shape index (κ3) is 4.39. The van der Waals surface area contributed by atoms with Crippen LogP contribution in [0.3, 0.4) is 0 Å². The first-order valence-corrected chi connectivity index (χ1v) is 8.22. The van der Waals surface area contributed by atoms with Crippen LogP contribution in [0.15, 0.2) is 29.6 Å². The first kappa shape index (κ1) is 17.1. The van der Waals surface area contributed by atoms with Crippen LogP contribution in [0.4, 0.5) is 0 Å². The standard InChI is InChI=1S/C17H20N2O3S/c1-11-10-23-15(19-11)13-6-4-5-12(9-13)14(20)18-8-7-17(2,3)16(21)22/h4-6,9-10H,7-8H2,1-3H3,(H,18,20)(H,21,22). The number of carbonyl (C=O) groups excluding carboxylic acids is 1. The lowest BCUT2D eigenvalue weighted by atomic mass is 9.90. The lowest BCUT2D eigenvalue weighted by Crippen LogP contribution is -2.31. The number of carboxylic acids is 1. The van der Waals surface area contributed by atoms with E-state index in [9.17, 15) is 9.59 Å². The van der Waals surface area contributed by atoms with Gasteiger partial charge in [0, 0.05) is 28.7 Å². The number of aromatic nitrogens is 1. The Morgan fingerprint density at radius 1 is 1.35 bits per heavy atom. The molecule has 0 unspecified atom stereocenters. The summed E-state index contributed by atoms with van der Waals surface area (Å²) in [4.78, 5) is 27.7. The third-order valence-electron chi connectivity index (χ3n) is 3.61. The largest absolute Gasteiger partial charge is 0.481 e. The highest BCUT2D eigenvalue weighted by atomic mass is 32.1. The van der Waals surface area contributed by atoms with Gasteiger partial charge in [-0.15, -0.1) is 11.3 Å². The smallest absolute Gasteiger partial charge is 0.309 e. The molecule has 2 N–H and O–H groups in total. The molecule has 122 valence electrons. The second kappa shape index (κ2) is 6.91. The molecule has 0 spiro atoms. The molecule has 1 amide bonds. The van der Waals surface area contributed by atoms with E-state index in [-0.39, 0.29) is 5.91 Å². The normalized spacial score (nSPS) is 11.3. The van der Waals surface area contributed by atoms with E-state index in [4.69, 9.17) is 5.11 Å². The van der Waals surface area contributed by atoms with Crippen molar-refractivity contribution in [2.75, 3.05) is 6.54 Å². The summed E-state index contributed by atoms with van der Waals surface area (Å²) in [7, 11) is 0. The number of nitrogens with one attached hydrogen (secondary N) is 1. The van der Waals surface area contributed by atoms with Gasteiger partial charge in [-0.05, 0) is 39.3 Å². The number of aryl methyl sites for hydroxylation is 1. The van der Waals surface area contributed by atoms with Crippen LogP contribution in [0.5, 0.6) is 0 Å². The third-order valence-corrected chi connectivity index (χ3v) is 4.61. The van der Waals surface area contributed by atoms with E-state index in [0.717, 1.165) is 16.3 Å². The van der Waals surface area contributed by atoms with Crippen LogP contribution in [0.25, 0.3) is 10.6 Å². The number of hydrogen-bond donors (Lipinski definition) is 2. The van der Waals surface area contributed by atoms with Crippen molar-refractivity contribution in [3.63, 3.8) is 0 Å². The predicted octanol–water partition coefficient (Wildman–Crippen LogP) is 3.35. The zero-order valence-electron chi connectivity index (χ0n) is 13.4. The number of carbonyl (C=O) groups is 2. The van der Waals surface area contributed by atoms with Gasteiger partial charge in [0.25, 0.3) is 5.91 Å². The van der Waals surface area contributed by atoms with Crippen molar-refractivity contribution in [1.29, 1.82) is 0 Å². The summed E-state index contributed by atoms with van der Waals surface area (Å²) < 4.78 is 0. The molecule has 1 aromatic carbocycles. The van der Waals surface area contributed by atoms with Gasteiger partial charge in [0.15, 0.2) is 0 Å². The van der Waals surface area contributed by atoms with Crippen molar-refractivity contribution >= 4 is 23.2 Å². The van der Waals surface area contributed by atoms with Gasteiger partial charge in [0.05, 0.1) is 5.41 Å². The molecular weight excluding hydrogens is 312 g/mol. The molecule has 5 nitrogen and oxygen atoms in total. The number of carboxylic acid groups (broad SMARTS) is 1. The first-order chi connectivity index (χ1) is 10.8. The molecule has 6 heteroatoms. The van der Waals surface area contributed by atoms with Gasteiger partial charge in [-0.3, -0.25) is 9.59 Å². The molecule has 0 aliphatic heterocycles. The zero-order valence-corrected chi connectivity index (χ0v) is 14.2. The molecule has 1 aromatic heterocycles. The Hall–Kier alpha value is -2.21. The summed E-state index contributed by atoms with van der Waals surface area (Å²) in [6, 6.07) is 7.28. The number of benzene rings is 1. The van der Waals surface area contributed by atoms with Crippen LogP contribution in [0.2, 0.25) is 0 Å². The second-order valence-corrected chi connectivity index (χ2v) is 6.93. The molecular formula is C17H20N2O3S. The zero-order chi connectivity index (χ0) is 17.0. The number of hydrogen-bond acceptors (Lipinski definition) is 4. The second-order valence-electron chi connectivity index (χ2n) is 6.07. The quantitative estimate of drug-likeness (QED) is 0.850. The van der Waals surface area contributed by atoms with Crippen LogP contribution in [0.1, 0.15) is 36.3 Å². The fourth-order valence-corrected chi connectivity index (χ4v) is 2.77. The van der Waals surface area contributed by atoms with Crippen molar-refractivity contribution in [2.24, 2.45) is 5.41 Å². The number of rotatable bonds is 6. The van der Waals surface area contributed by atoms with E-state index in [1.54, 1.807) is 26.0 Å². The Bertz CT molecular complexity index is 722. The molecule has 0 bridgehead atoms. The average molecular weight is 332 g/mol. The van der Waals surface area contributed by atoms with Crippen molar-refractivity contribution in [2.45, 2.75) is 27.2 Å². The minimum atomic E-state index is -0.868. The Kier molecular flexibility index (Phi) is 5.15. The SMILES string of the molecule is Cc1csc(-c2cccc(C(=O)NCCC(C)(C)C(=O)O)c2)n1. The van der Waals surface area contributed by atoms with E-state index in [1.165, 1.54) is 11.3 Å². The summed E-state index contributed by atoms with van der Waals surface area (Å²) in [5, 5.41) is 14.7. The van der Waals surface area contributed by atoms with E-state index < -0.39 is 11.4 Å². The number of aliphatic carboxylic acids is 1. The molecule has 0 atom stereocenters. The molecule has 0 radical (unpaired) electrons. The minimum absolute atomic E-state index is 0.207. The summed E-state index contributed by atoms with van der Waals surface area (Å²) in [6.45, 7) is 5.54. The first-order valence-electron chi connectivity index (χ1n) is 7.34. The fraction of sp³-hybridized carbons (Fsp3) is 0.353. The van der Waals surface area contributed by atoms with Crippen LogP contribution in [0, 0.1) is 12.3 Å². The Morgan fingerprint density at radius 3 is 2.70 bits per heavy atom. The van der Waals surface area contributed by atoms with Gasteiger partial charge in [-0.25, -0.2) is 4.98 Å². The van der Waals surface area contributed by atoms with E-state index in [2.05, 4.69) is 10.3 Å². The van der Waals surface area contributed by atoms with Crippen molar-refractivity contribution in [1.82, 2.24) is 10.3 Å². The lowest BCUT2D eigenvalue weighted by Gasteiger charge is -2.18.